The largest absolute Gasteiger partial charge is 0.379 e. The number of sulfonamides is 1. The molecule has 0 unspecified atom stereocenters. The molecule has 6 heteroatoms. The van der Waals surface area contributed by atoms with Crippen LogP contribution < -0.4 is 5.32 Å². The molecule has 2 aliphatic rings. The van der Waals surface area contributed by atoms with Crippen molar-refractivity contribution < 1.29 is 13.2 Å². The van der Waals surface area contributed by atoms with E-state index in [2.05, 4.69) is 5.32 Å². The second kappa shape index (κ2) is 4.60. The lowest BCUT2D eigenvalue weighted by Crippen LogP contribution is -2.47. The molecule has 2 fully saturated rings. The van der Waals surface area contributed by atoms with Gasteiger partial charge in [-0.2, -0.15) is 4.31 Å². The molecular weight excluding hydrogens is 228 g/mol. The lowest BCUT2D eigenvalue weighted by molar-refractivity contribution is 0.0476. The van der Waals surface area contributed by atoms with Crippen molar-refractivity contribution in [3.63, 3.8) is 0 Å². The molecule has 0 radical (unpaired) electrons. The molecule has 2 aliphatic heterocycles. The molecule has 0 atom stereocenters. The van der Waals surface area contributed by atoms with Crippen LogP contribution in [0.3, 0.4) is 0 Å². The van der Waals surface area contributed by atoms with E-state index in [9.17, 15) is 8.42 Å². The Morgan fingerprint density at radius 2 is 2.00 bits per heavy atom. The van der Waals surface area contributed by atoms with Gasteiger partial charge in [-0.15, -0.1) is 0 Å². The first-order valence-electron chi connectivity index (χ1n) is 5.76. The molecule has 2 saturated heterocycles. The molecule has 16 heavy (non-hydrogen) atoms. The average Bonchev–Trinajstić information content (AvgIpc) is 2.42. The summed E-state index contributed by atoms with van der Waals surface area (Å²) >= 11 is 0. The Morgan fingerprint density at radius 3 is 2.62 bits per heavy atom. The van der Waals surface area contributed by atoms with E-state index in [-0.39, 0.29) is 5.41 Å². The zero-order valence-electron chi connectivity index (χ0n) is 9.74. The molecule has 0 bridgehead atoms. The van der Waals surface area contributed by atoms with Crippen LogP contribution in [0.5, 0.6) is 0 Å². The standard InChI is InChI=1S/C10H20N2O3S/c1-16(13,14)12-6-7-15-9-10(8-12)2-4-11-5-3-10/h11H,2-9H2,1H3. The monoisotopic (exact) mass is 248 g/mol. The first-order valence-corrected chi connectivity index (χ1v) is 7.60. The van der Waals surface area contributed by atoms with Gasteiger partial charge in [0.1, 0.15) is 0 Å². The van der Waals surface area contributed by atoms with E-state index < -0.39 is 10.0 Å². The molecule has 0 saturated carbocycles. The van der Waals surface area contributed by atoms with Gasteiger partial charge in [0.15, 0.2) is 0 Å². The van der Waals surface area contributed by atoms with Gasteiger partial charge < -0.3 is 10.1 Å². The van der Waals surface area contributed by atoms with Crippen LogP contribution in [-0.2, 0) is 14.8 Å². The summed E-state index contributed by atoms with van der Waals surface area (Å²) in [5.74, 6) is 0. The second-order valence-corrected chi connectivity index (χ2v) is 6.88. The van der Waals surface area contributed by atoms with Crippen molar-refractivity contribution in [2.24, 2.45) is 5.41 Å². The van der Waals surface area contributed by atoms with E-state index in [4.69, 9.17) is 4.74 Å². The Balaban J connectivity index is 2.14. The minimum atomic E-state index is -3.09. The lowest BCUT2D eigenvalue weighted by atomic mass is 9.80. The van der Waals surface area contributed by atoms with Crippen LogP contribution in [0, 0.1) is 5.41 Å². The van der Waals surface area contributed by atoms with Crippen molar-refractivity contribution in [3.8, 4) is 0 Å². The molecule has 0 aliphatic carbocycles. The smallest absolute Gasteiger partial charge is 0.211 e. The van der Waals surface area contributed by atoms with Gasteiger partial charge in [-0.25, -0.2) is 8.42 Å². The predicted molar refractivity (Wildman–Crippen MR) is 61.8 cm³/mol. The maximum Gasteiger partial charge on any atom is 0.211 e. The highest BCUT2D eigenvalue weighted by atomic mass is 32.2. The van der Waals surface area contributed by atoms with Gasteiger partial charge in [0, 0.05) is 18.5 Å². The highest BCUT2D eigenvalue weighted by Crippen LogP contribution is 2.32. The maximum atomic E-state index is 11.6. The van der Waals surface area contributed by atoms with E-state index in [0.717, 1.165) is 25.9 Å². The summed E-state index contributed by atoms with van der Waals surface area (Å²) in [5, 5.41) is 3.31. The first-order chi connectivity index (χ1) is 7.52. The van der Waals surface area contributed by atoms with E-state index in [0.29, 0.717) is 26.3 Å². The summed E-state index contributed by atoms with van der Waals surface area (Å²) in [5.41, 5.74) is 0.0326. The van der Waals surface area contributed by atoms with E-state index >= 15 is 0 Å². The molecule has 2 heterocycles. The molecule has 5 nitrogen and oxygen atoms in total. The third kappa shape index (κ3) is 2.74. The predicted octanol–water partition coefficient (Wildman–Crippen LogP) is -0.352. The Labute approximate surface area is 97.2 Å². The highest BCUT2D eigenvalue weighted by Gasteiger charge is 2.38. The number of nitrogens with one attached hydrogen (secondary N) is 1. The quantitative estimate of drug-likeness (QED) is 0.689. The van der Waals surface area contributed by atoms with Crippen LogP contribution in [0.2, 0.25) is 0 Å². The Bertz CT molecular complexity index is 336. The maximum absolute atomic E-state index is 11.6. The van der Waals surface area contributed by atoms with Gasteiger partial charge in [-0.05, 0) is 25.9 Å². The molecule has 0 amide bonds. The summed E-state index contributed by atoms with van der Waals surface area (Å²) in [7, 11) is -3.09. The van der Waals surface area contributed by atoms with E-state index in [1.54, 1.807) is 4.31 Å². The molecule has 1 spiro atoms. The molecule has 0 aromatic rings. The fourth-order valence-electron chi connectivity index (χ4n) is 2.50. The first kappa shape index (κ1) is 12.3. The van der Waals surface area contributed by atoms with Crippen molar-refractivity contribution >= 4 is 10.0 Å². The second-order valence-electron chi connectivity index (χ2n) is 4.90. The minimum Gasteiger partial charge on any atom is -0.379 e. The SMILES string of the molecule is CS(=O)(=O)N1CCOCC2(CCNCC2)C1. The Morgan fingerprint density at radius 1 is 1.31 bits per heavy atom. The fourth-order valence-corrected chi connectivity index (χ4v) is 3.41. The molecule has 2 rings (SSSR count). The topological polar surface area (TPSA) is 58.6 Å². The van der Waals surface area contributed by atoms with Crippen LogP contribution in [0.1, 0.15) is 12.8 Å². The van der Waals surface area contributed by atoms with E-state index in [1.807, 2.05) is 0 Å². The zero-order valence-corrected chi connectivity index (χ0v) is 10.6. The molecule has 0 aromatic heterocycles. The number of ether oxygens (including phenoxy) is 1. The molecule has 94 valence electrons. The average molecular weight is 248 g/mol. The summed E-state index contributed by atoms with van der Waals surface area (Å²) in [6.45, 7) is 4.24. The third-order valence-corrected chi connectivity index (χ3v) is 4.79. The van der Waals surface area contributed by atoms with Crippen molar-refractivity contribution in [3.05, 3.63) is 0 Å². The summed E-state index contributed by atoms with van der Waals surface area (Å²) < 4.78 is 30.4. The lowest BCUT2D eigenvalue weighted by Gasteiger charge is -2.38. The number of hydrogen-bond acceptors (Lipinski definition) is 4. The Hall–Kier alpha value is -0.170. The van der Waals surface area contributed by atoms with Gasteiger partial charge in [-0.3, -0.25) is 0 Å². The highest BCUT2D eigenvalue weighted by molar-refractivity contribution is 7.88. The minimum absolute atomic E-state index is 0.0326. The molecular formula is C10H20N2O3S. The number of nitrogens with zero attached hydrogens (tertiary/aromatic N) is 1. The normalized spacial score (nSPS) is 27.8. The summed E-state index contributed by atoms with van der Waals surface area (Å²) in [6.07, 6.45) is 3.28. The van der Waals surface area contributed by atoms with Crippen LogP contribution in [-0.4, -0.2) is 58.4 Å². The summed E-state index contributed by atoms with van der Waals surface area (Å²) in [4.78, 5) is 0. The Kier molecular flexibility index (Phi) is 3.53. The van der Waals surface area contributed by atoms with Crippen molar-refractivity contribution in [1.29, 1.82) is 0 Å². The van der Waals surface area contributed by atoms with Gasteiger partial charge in [0.25, 0.3) is 0 Å². The zero-order chi connectivity index (χ0) is 11.6. The number of rotatable bonds is 1. The van der Waals surface area contributed by atoms with Gasteiger partial charge in [0.05, 0.1) is 19.5 Å². The van der Waals surface area contributed by atoms with Crippen LogP contribution in [0.4, 0.5) is 0 Å². The van der Waals surface area contributed by atoms with Crippen molar-refractivity contribution in [2.45, 2.75) is 12.8 Å². The van der Waals surface area contributed by atoms with Crippen molar-refractivity contribution in [1.82, 2.24) is 9.62 Å². The van der Waals surface area contributed by atoms with Crippen LogP contribution >= 0.6 is 0 Å². The summed E-state index contributed by atoms with van der Waals surface area (Å²) in [6, 6.07) is 0. The fraction of sp³-hybridized carbons (Fsp3) is 1.00. The van der Waals surface area contributed by atoms with Crippen LogP contribution in [0.25, 0.3) is 0 Å². The van der Waals surface area contributed by atoms with E-state index in [1.165, 1.54) is 6.26 Å². The van der Waals surface area contributed by atoms with Crippen LogP contribution in [0.15, 0.2) is 0 Å². The van der Waals surface area contributed by atoms with Gasteiger partial charge in [-0.1, -0.05) is 0 Å². The molecule has 1 N–H and O–H groups in total. The van der Waals surface area contributed by atoms with Gasteiger partial charge in [0.2, 0.25) is 10.0 Å². The van der Waals surface area contributed by atoms with Gasteiger partial charge >= 0.3 is 0 Å². The number of piperidine rings is 1. The molecule has 0 aromatic carbocycles. The number of hydrogen-bond donors (Lipinski definition) is 1. The van der Waals surface area contributed by atoms with Crippen molar-refractivity contribution in [2.75, 3.05) is 45.6 Å². The third-order valence-electron chi connectivity index (χ3n) is 3.54.